The van der Waals surface area contributed by atoms with E-state index in [1.54, 1.807) is 0 Å². The number of benzene rings is 1. The van der Waals surface area contributed by atoms with Crippen LogP contribution in [0.25, 0.3) is 16.8 Å². The van der Waals surface area contributed by atoms with Crippen molar-refractivity contribution >= 4 is 11.5 Å². The molecule has 1 aliphatic heterocycles. The summed E-state index contributed by atoms with van der Waals surface area (Å²) in [5.74, 6) is 0.153. The van der Waals surface area contributed by atoms with Crippen LogP contribution in [0.2, 0.25) is 0 Å². The highest BCUT2D eigenvalue weighted by Crippen LogP contribution is 2.36. The first-order chi connectivity index (χ1) is 15.0. The normalized spacial score (nSPS) is 20.0. The quantitative estimate of drug-likeness (QED) is 0.579. The molecule has 0 spiro atoms. The summed E-state index contributed by atoms with van der Waals surface area (Å²) >= 11 is 0. The molecule has 7 nitrogen and oxygen atoms in total. The second-order valence-electron chi connectivity index (χ2n) is 7.36. The van der Waals surface area contributed by atoms with Gasteiger partial charge in [0.15, 0.2) is 0 Å². The molecule has 0 aliphatic carbocycles. The zero-order valence-electron chi connectivity index (χ0n) is 16.3. The first-order valence-corrected chi connectivity index (χ1v) is 9.51. The number of hydrogen-bond acceptors (Lipinski definition) is 6. The molecular weight excluding hydrogens is 444 g/mol. The average Bonchev–Trinajstić information content (AvgIpc) is 3.19. The van der Waals surface area contributed by atoms with Gasteiger partial charge in [0.2, 0.25) is 5.95 Å². The fourth-order valence-electron chi connectivity index (χ4n) is 3.52. The Morgan fingerprint density at radius 2 is 1.94 bits per heavy atom. The second kappa shape index (κ2) is 8.20. The van der Waals surface area contributed by atoms with E-state index in [0.29, 0.717) is 25.2 Å². The van der Waals surface area contributed by atoms with Crippen molar-refractivity contribution in [2.75, 3.05) is 18.5 Å². The zero-order valence-corrected chi connectivity index (χ0v) is 16.3. The van der Waals surface area contributed by atoms with Crippen LogP contribution < -0.4 is 5.32 Å². The van der Waals surface area contributed by atoms with Gasteiger partial charge in [-0.1, -0.05) is 6.07 Å². The number of aliphatic hydroxyl groups excluding tert-OH is 1. The number of aliphatic hydroxyl groups is 1. The topological polar surface area (TPSA) is 84.6 Å². The summed E-state index contributed by atoms with van der Waals surface area (Å²) in [5.41, 5.74) is -1.73. The summed E-state index contributed by atoms with van der Waals surface area (Å²) in [5, 5.41) is 21.0. The molecule has 3 heterocycles. The molecule has 1 aliphatic rings. The Hall–Kier alpha value is -2.93. The number of nitrogens with one attached hydrogen (secondary N) is 1. The summed E-state index contributed by atoms with van der Waals surface area (Å²) in [6.45, 7) is 0.607. The predicted molar refractivity (Wildman–Crippen MR) is 99.8 cm³/mol. The Bertz CT molecular complexity index is 1110. The lowest BCUT2D eigenvalue weighted by molar-refractivity contribution is -0.138. The van der Waals surface area contributed by atoms with Crippen LogP contribution in [0.4, 0.5) is 32.3 Å². The van der Waals surface area contributed by atoms with Crippen molar-refractivity contribution in [3.8, 4) is 11.3 Å². The smallest absolute Gasteiger partial charge is 0.391 e. The van der Waals surface area contributed by atoms with Gasteiger partial charge < -0.3 is 15.2 Å². The number of rotatable bonds is 4. The predicted octanol–water partition coefficient (Wildman–Crippen LogP) is 3.48. The largest absolute Gasteiger partial charge is 0.416 e. The van der Waals surface area contributed by atoms with Gasteiger partial charge >= 0.3 is 12.4 Å². The van der Waals surface area contributed by atoms with E-state index in [0.717, 1.165) is 6.07 Å². The SMILES string of the molecule is O[C@H]1CCOC[C@@H]1Nc1nnc(-c2ccc(C(F)(F)F)cc2CC(F)(F)F)c2cncn12. The number of fused-ring (bicyclic) bond motifs is 1. The fraction of sp³-hybridized carbons (Fsp3) is 0.421. The fourth-order valence-corrected chi connectivity index (χ4v) is 3.52. The number of imidazole rings is 1. The second-order valence-corrected chi connectivity index (χ2v) is 7.36. The van der Waals surface area contributed by atoms with Crippen LogP contribution in [0, 0.1) is 0 Å². The summed E-state index contributed by atoms with van der Waals surface area (Å²) in [6.07, 6.45) is -8.76. The van der Waals surface area contributed by atoms with Gasteiger partial charge in [-0.15, -0.1) is 10.2 Å². The molecule has 172 valence electrons. The Morgan fingerprint density at radius 3 is 2.62 bits per heavy atom. The van der Waals surface area contributed by atoms with Crippen molar-refractivity contribution in [3.63, 3.8) is 0 Å². The minimum Gasteiger partial charge on any atom is -0.391 e. The average molecular weight is 461 g/mol. The minimum atomic E-state index is -4.80. The number of aromatic nitrogens is 4. The van der Waals surface area contributed by atoms with Gasteiger partial charge in [-0.05, 0) is 24.1 Å². The van der Waals surface area contributed by atoms with Crippen LogP contribution in [0.3, 0.4) is 0 Å². The standard InChI is InChI=1S/C19H17F6N5O2/c20-18(21,22)6-10-5-11(19(23,24)25)1-2-12(10)16-14-7-26-9-30(14)17(29-28-16)27-13-8-32-4-3-15(13)31/h1-2,5,7,9,13,15,31H,3-4,6,8H2,(H,27,29)/t13-,15-/m0/s1. The maximum atomic E-state index is 13.1. The molecule has 2 aromatic heterocycles. The van der Waals surface area contributed by atoms with E-state index in [1.165, 1.54) is 16.9 Å². The van der Waals surface area contributed by atoms with Gasteiger partial charge in [-0.2, -0.15) is 26.3 Å². The summed E-state index contributed by atoms with van der Waals surface area (Å²) in [6, 6.07) is 1.62. The molecule has 1 aromatic carbocycles. The number of anilines is 1. The third kappa shape index (κ3) is 4.63. The van der Waals surface area contributed by atoms with Crippen LogP contribution in [0.1, 0.15) is 17.5 Å². The van der Waals surface area contributed by atoms with Gasteiger partial charge in [0.05, 0.1) is 42.5 Å². The first-order valence-electron chi connectivity index (χ1n) is 9.51. The van der Waals surface area contributed by atoms with Crippen molar-refractivity contribution in [2.24, 2.45) is 0 Å². The van der Waals surface area contributed by atoms with Crippen LogP contribution in [-0.2, 0) is 17.3 Å². The molecule has 1 fully saturated rings. The third-order valence-electron chi connectivity index (χ3n) is 5.07. The van der Waals surface area contributed by atoms with Crippen molar-refractivity contribution < 1.29 is 36.2 Å². The van der Waals surface area contributed by atoms with Gasteiger partial charge in [0.1, 0.15) is 12.0 Å². The van der Waals surface area contributed by atoms with Crippen molar-refractivity contribution in [1.29, 1.82) is 0 Å². The van der Waals surface area contributed by atoms with Gasteiger partial charge in [0, 0.05) is 12.2 Å². The molecule has 0 saturated carbocycles. The number of ether oxygens (including phenoxy) is 1. The van der Waals surface area contributed by atoms with Crippen molar-refractivity contribution in [3.05, 3.63) is 41.9 Å². The van der Waals surface area contributed by atoms with Crippen LogP contribution in [0.15, 0.2) is 30.7 Å². The number of alkyl halides is 6. The third-order valence-corrected chi connectivity index (χ3v) is 5.07. The molecule has 3 aromatic rings. The summed E-state index contributed by atoms with van der Waals surface area (Å²) in [7, 11) is 0. The molecule has 13 heteroatoms. The highest BCUT2D eigenvalue weighted by molar-refractivity contribution is 5.79. The van der Waals surface area contributed by atoms with Gasteiger partial charge in [-0.3, -0.25) is 4.40 Å². The van der Waals surface area contributed by atoms with Crippen molar-refractivity contribution in [1.82, 2.24) is 19.6 Å². The van der Waals surface area contributed by atoms with Crippen molar-refractivity contribution in [2.45, 2.75) is 37.3 Å². The molecule has 0 bridgehead atoms. The van der Waals surface area contributed by atoms with Gasteiger partial charge in [-0.25, -0.2) is 4.98 Å². The number of hydrogen-bond donors (Lipinski definition) is 2. The maximum Gasteiger partial charge on any atom is 0.416 e. The molecule has 0 amide bonds. The van der Waals surface area contributed by atoms with Crippen LogP contribution in [0.5, 0.6) is 0 Å². The minimum absolute atomic E-state index is 0.0542. The number of halogens is 6. The summed E-state index contributed by atoms with van der Waals surface area (Å²) < 4.78 is 85.3. The summed E-state index contributed by atoms with van der Waals surface area (Å²) in [4.78, 5) is 3.97. The highest BCUT2D eigenvalue weighted by Gasteiger charge is 2.35. The van der Waals surface area contributed by atoms with E-state index < -0.39 is 42.0 Å². The first kappa shape index (κ1) is 22.3. The number of nitrogens with zero attached hydrogens (tertiary/aromatic N) is 4. The molecule has 32 heavy (non-hydrogen) atoms. The molecule has 1 saturated heterocycles. The highest BCUT2D eigenvalue weighted by atomic mass is 19.4. The molecule has 4 rings (SSSR count). The molecule has 2 atom stereocenters. The van der Waals surface area contributed by atoms with E-state index in [9.17, 15) is 31.4 Å². The molecule has 0 unspecified atom stereocenters. The molecule has 0 radical (unpaired) electrons. The van der Waals surface area contributed by atoms with E-state index >= 15 is 0 Å². The lowest BCUT2D eigenvalue weighted by atomic mass is 9.98. The molecule has 2 N–H and O–H groups in total. The lowest BCUT2D eigenvalue weighted by Gasteiger charge is -2.28. The molecular formula is C19H17F6N5O2. The monoisotopic (exact) mass is 461 g/mol. The van der Waals surface area contributed by atoms with E-state index in [-0.39, 0.29) is 29.3 Å². The Kier molecular flexibility index (Phi) is 5.71. The Morgan fingerprint density at radius 1 is 1.16 bits per heavy atom. The van der Waals surface area contributed by atoms with Crippen LogP contribution in [-0.4, -0.2) is 56.2 Å². The van der Waals surface area contributed by atoms with E-state index in [1.807, 2.05) is 0 Å². The van der Waals surface area contributed by atoms with Gasteiger partial charge in [0.25, 0.3) is 0 Å². The zero-order chi connectivity index (χ0) is 23.1. The maximum absolute atomic E-state index is 13.1. The Labute approximate surface area is 177 Å². The van der Waals surface area contributed by atoms with Crippen LogP contribution >= 0.6 is 0 Å². The van der Waals surface area contributed by atoms with E-state index in [2.05, 4.69) is 20.5 Å². The Balaban J connectivity index is 1.77. The van der Waals surface area contributed by atoms with E-state index in [4.69, 9.17) is 4.74 Å². The lowest BCUT2D eigenvalue weighted by Crippen LogP contribution is -2.43.